The lowest BCUT2D eigenvalue weighted by Crippen LogP contribution is -2.15. The average Bonchev–Trinajstić information content (AvgIpc) is 2.92. The minimum Gasteiger partial charge on any atom is -0.478 e. The lowest BCUT2D eigenvalue weighted by Gasteiger charge is -2.25. The van der Waals surface area contributed by atoms with Crippen LogP contribution in [0.3, 0.4) is 0 Å². The Balaban J connectivity index is 3.40. The van der Waals surface area contributed by atoms with Crippen molar-refractivity contribution in [3.8, 4) is 0 Å². The second-order valence-electron chi connectivity index (χ2n) is 11.8. The third-order valence-corrected chi connectivity index (χ3v) is 8.44. The first kappa shape index (κ1) is 35.2. The standard InChI is InChI=1S/C35H60O4/c1-5-9-13-17-21-25-29(24-20-16-12-8-4)31-27-32(34(36)37)30(26-33(31)35(38)39)28(22-18-14-10-6-2)23-19-15-11-7-3/h26-29H,5-25H2,1-4H3,(H,36,37)(H,38,39). The number of unbranched alkanes of at least 4 members (excludes halogenated alkanes) is 13. The van der Waals surface area contributed by atoms with E-state index in [4.69, 9.17) is 0 Å². The summed E-state index contributed by atoms with van der Waals surface area (Å²) in [5, 5.41) is 20.7. The van der Waals surface area contributed by atoms with Crippen molar-refractivity contribution in [1.29, 1.82) is 0 Å². The van der Waals surface area contributed by atoms with Gasteiger partial charge >= 0.3 is 11.9 Å². The molecule has 1 aromatic carbocycles. The summed E-state index contributed by atoms with van der Waals surface area (Å²) >= 11 is 0. The normalized spacial score (nSPS) is 12.2. The molecule has 0 aromatic heterocycles. The number of carboxylic acids is 2. The molecular formula is C35H60O4. The molecule has 4 heteroatoms. The molecule has 0 spiro atoms. The number of carbonyl (C=O) groups is 2. The lowest BCUT2D eigenvalue weighted by molar-refractivity contribution is 0.0678. The molecule has 224 valence electrons. The SMILES string of the molecule is CCCCCCCC(CCCCCC)c1cc(C(=O)O)c(C(CCCCCC)CCCCCC)cc1C(=O)O. The molecule has 1 aromatic rings. The maximum Gasteiger partial charge on any atom is 0.335 e. The Labute approximate surface area is 240 Å². The Morgan fingerprint density at radius 2 is 0.744 bits per heavy atom. The largest absolute Gasteiger partial charge is 0.478 e. The first-order valence-electron chi connectivity index (χ1n) is 16.5. The van der Waals surface area contributed by atoms with E-state index in [2.05, 4.69) is 27.7 Å². The van der Waals surface area contributed by atoms with Gasteiger partial charge in [0.2, 0.25) is 0 Å². The van der Waals surface area contributed by atoms with Gasteiger partial charge in [-0.3, -0.25) is 0 Å². The van der Waals surface area contributed by atoms with Gasteiger partial charge in [-0.1, -0.05) is 137 Å². The molecule has 0 saturated heterocycles. The topological polar surface area (TPSA) is 74.6 Å². The van der Waals surface area contributed by atoms with Crippen LogP contribution in [-0.4, -0.2) is 22.2 Å². The minimum absolute atomic E-state index is 0.106. The fraction of sp³-hybridized carbons (Fsp3) is 0.771. The van der Waals surface area contributed by atoms with E-state index in [0.717, 1.165) is 107 Å². The van der Waals surface area contributed by atoms with E-state index >= 15 is 0 Å². The Morgan fingerprint density at radius 1 is 0.487 bits per heavy atom. The Morgan fingerprint density at radius 3 is 1.00 bits per heavy atom. The van der Waals surface area contributed by atoms with Gasteiger partial charge in [-0.05, 0) is 60.8 Å². The summed E-state index contributed by atoms with van der Waals surface area (Å²) in [7, 11) is 0. The summed E-state index contributed by atoms with van der Waals surface area (Å²) < 4.78 is 0. The molecule has 1 rings (SSSR count). The first-order chi connectivity index (χ1) is 18.9. The second kappa shape index (κ2) is 21.9. The number of rotatable bonds is 25. The first-order valence-corrected chi connectivity index (χ1v) is 16.5. The van der Waals surface area contributed by atoms with E-state index in [9.17, 15) is 19.8 Å². The zero-order chi connectivity index (χ0) is 28.9. The summed E-state index contributed by atoms with van der Waals surface area (Å²) in [5.41, 5.74) is 2.20. The summed E-state index contributed by atoms with van der Waals surface area (Å²) in [4.78, 5) is 25.2. The number of aromatic carboxylic acids is 2. The van der Waals surface area contributed by atoms with E-state index in [1.807, 2.05) is 0 Å². The smallest absolute Gasteiger partial charge is 0.335 e. The van der Waals surface area contributed by atoms with Crippen molar-refractivity contribution in [3.63, 3.8) is 0 Å². The van der Waals surface area contributed by atoms with Gasteiger partial charge in [-0.2, -0.15) is 0 Å². The highest BCUT2D eigenvalue weighted by Gasteiger charge is 2.27. The third kappa shape index (κ3) is 13.9. The second-order valence-corrected chi connectivity index (χ2v) is 11.8. The number of hydrogen-bond donors (Lipinski definition) is 2. The predicted molar refractivity (Wildman–Crippen MR) is 165 cm³/mol. The number of benzene rings is 1. The summed E-state index contributed by atoms with van der Waals surface area (Å²) in [6.45, 7) is 8.81. The fourth-order valence-electron chi connectivity index (χ4n) is 6.04. The van der Waals surface area contributed by atoms with Crippen LogP contribution in [-0.2, 0) is 0 Å². The Kier molecular flexibility index (Phi) is 19.8. The molecule has 1 atom stereocenters. The molecule has 2 N–H and O–H groups in total. The highest BCUT2D eigenvalue weighted by molar-refractivity contribution is 5.95. The van der Waals surface area contributed by atoms with Crippen molar-refractivity contribution in [3.05, 3.63) is 34.4 Å². The van der Waals surface area contributed by atoms with E-state index in [1.165, 1.54) is 38.5 Å². The van der Waals surface area contributed by atoms with Gasteiger partial charge in [-0.25, -0.2) is 9.59 Å². The van der Waals surface area contributed by atoms with Crippen molar-refractivity contribution in [2.45, 2.75) is 174 Å². The van der Waals surface area contributed by atoms with Crippen LogP contribution in [0.4, 0.5) is 0 Å². The predicted octanol–water partition coefficient (Wildman–Crippen LogP) is 11.5. The minimum atomic E-state index is -0.914. The number of carboxylic acid groups (broad SMARTS) is 2. The molecule has 0 fully saturated rings. The highest BCUT2D eigenvalue weighted by atomic mass is 16.4. The van der Waals surface area contributed by atoms with Crippen molar-refractivity contribution in [1.82, 2.24) is 0 Å². The van der Waals surface area contributed by atoms with Gasteiger partial charge in [0.1, 0.15) is 0 Å². The number of hydrogen-bond acceptors (Lipinski definition) is 2. The van der Waals surface area contributed by atoms with Crippen LogP contribution in [0.15, 0.2) is 12.1 Å². The molecule has 39 heavy (non-hydrogen) atoms. The summed E-state index contributed by atoms with van der Waals surface area (Å²) in [5.74, 6) is -1.62. The summed E-state index contributed by atoms with van der Waals surface area (Å²) in [6, 6.07) is 3.56. The summed E-state index contributed by atoms with van der Waals surface area (Å²) in [6.07, 6.45) is 23.3. The van der Waals surface area contributed by atoms with E-state index in [1.54, 1.807) is 12.1 Å². The molecular weight excluding hydrogens is 484 g/mol. The van der Waals surface area contributed by atoms with E-state index in [-0.39, 0.29) is 11.8 Å². The molecule has 1 unspecified atom stereocenters. The highest BCUT2D eigenvalue weighted by Crippen LogP contribution is 2.37. The fourth-order valence-corrected chi connectivity index (χ4v) is 6.04. The van der Waals surface area contributed by atoms with E-state index in [0.29, 0.717) is 11.1 Å². The molecule has 4 nitrogen and oxygen atoms in total. The van der Waals surface area contributed by atoms with Gasteiger partial charge in [0.15, 0.2) is 0 Å². The van der Waals surface area contributed by atoms with Crippen LogP contribution in [0, 0.1) is 0 Å². The van der Waals surface area contributed by atoms with E-state index < -0.39 is 11.9 Å². The van der Waals surface area contributed by atoms with Gasteiger partial charge < -0.3 is 10.2 Å². The molecule has 0 aliphatic rings. The van der Waals surface area contributed by atoms with Crippen LogP contribution in [0.25, 0.3) is 0 Å². The van der Waals surface area contributed by atoms with Gasteiger partial charge in [0.05, 0.1) is 11.1 Å². The zero-order valence-corrected chi connectivity index (χ0v) is 25.9. The lowest BCUT2D eigenvalue weighted by atomic mass is 9.79. The Hall–Kier alpha value is -1.84. The van der Waals surface area contributed by atoms with Crippen LogP contribution in [0.2, 0.25) is 0 Å². The van der Waals surface area contributed by atoms with Crippen LogP contribution >= 0.6 is 0 Å². The van der Waals surface area contributed by atoms with Crippen molar-refractivity contribution >= 4 is 11.9 Å². The van der Waals surface area contributed by atoms with Crippen LogP contribution in [0.5, 0.6) is 0 Å². The molecule has 0 amide bonds. The van der Waals surface area contributed by atoms with Crippen LogP contribution < -0.4 is 0 Å². The molecule has 0 bridgehead atoms. The molecule has 0 radical (unpaired) electrons. The molecule has 0 aliphatic carbocycles. The Bertz CT molecular complexity index is 788. The van der Waals surface area contributed by atoms with Crippen molar-refractivity contribution in [2.75, 3.05) is 0 Å². The van der Waals surface area contributed by atoms with Crippen LogP contribution in [0.1, 0.15) is 206 Å². The quantitative estimate of drug-likeness (QED) is 0.120. The van der Waals surface area contributed by atoms with Crippen molar-refractivity contribution in [2.24, 2.45) is 0 Å². The monoisotopic (exact) mass is 544 g/mol. The van der Waals surface area contributed by atoms with Gasteiger partial charge in [0, 0.05) is 0 Å². The average molecular weight is 545 g/mol. The van der Waals surface area contributed by atoms with Crippen molar-refractivity contribution < 1.29 is 19.8 Å². The molecule has 0 saturated carbocycles. The van der Waals surface area contributed by atoms with Gasteiger partial charge in [-0.15, -0.1) is 0 Å². The maximum atomic E-state index is 12.6. The molecule has 0 aliphatic heterocycles. The third-order valence-electron chi connectivity index (χ3n) is 8.44. The maximum absolute atomic E-state index is 12.6. The molecule has 0 heterocycles. The van der Waals surface area contributed by atoms with Gasteiger partial charge in [0.25, 0.3) is 0 Å². The zero-order valence-electron chi connectivity index (χ0n) is 25.9.